The lowest BCUT2D eigenvalue weighted by molar-refractivity contribution is 0.477. The second-order valence-corrected chi connectivity index (χ2v) is 3.63. The Hall–Kier alpha value is -2.69. The zero-order chi connectivity index (χ0) is 13.0. The summed E-state index contributed by atoms with van der Waals surface area (Å²) in [6, 6.07) is 13.3. The Morgan fingerprint density at radius 2 is 1.56 bits per heavy atom. The summed E-state index contributed by atoms with van der Waals surface area (Å²) in [6.45, 7) is 0. The molecule has 5 heteroatoms. The van der Waals surface area contributed by atoms with Gasteiger partial charge in [-0.1, -0.05) is 24.3 Å². The number of nitrogens with one attached hydrogen (secondary N) is 1. The van der Waals surface area contributed by atoms with E-state index in [4.69, 9.17) is 5.73 Å². The average Bonchev–Trinajstić information content (AvgIpc) is 2.35. The van der Waals surface area contributed by atoms with Crippen molar-refractivity contribution in [3.8, 4) is 11.5 Å². The van der Waals surface area contributed by atoms with Crippen LogP contribution in [-0.4, -0.2) is 16.2 Å². The molecule has 2 aromatic rings. The maximum absolute atomic E-state index is 9.56. The normalized spacial score (nSPS) is 11.2. The molecule has 2 rings (SSSR count). The summed E-state index contributed by atoms with van der Waals surface area (Å²) in [5, 5.41) is 21.9. The van der Waals surface area contributed by atoms with E-state index >= 15 is 0 Å². The van der Waals surface area contributed by atoms with Gasteiger partial charge in [0.05, 0.1) is 5.69 Å². The van der Waals surface area contributed by atoms with E-state index in [1.54, 1.807) is 36.4 Å². The van der Waals surface area contributed by atoms with Crippen LogP contribution < -0.4 is 11.1 Å². The van der Waals surface area contributed by atoms with Crippen molar-refractivity contribution < 1.29 is 10.2 Å². The van der Waals surface area contributed by atoms with E-state index in [9.17, 15) is 10.2 Å². The quantitative estimate of drug-likeness (QED) is 0.369. The summed E-state index contributed by atoms with van der Waals surface area (Å²) in [5.41, 5.74) is 6.50. The third-order valence-corrected chi connectivity index (χ3v) is 2.29. The van der Waals surface area contributed by atoms with E-state index in [2.05, 4.69) is 10.3 Å². The number of phenols is 2. The molecule has 0 heterocycles. The van der Waals surface area contributed by atoms with Crippen LogP contribution >= 0.6 is 0 Å². The number of rotatable bonds is 2. The van der Waals surface area contributed by atoms with Crippen LogP contribution in [0.25, 0.3) is 0 Å². The lowest BCUT2D eigenvalue weighted by Crippen LogP contribution is -2.21. The molecule has 0 saturated carbocycles. The molecule has 5 nitrogen and oxygen atoms in total. The zero-order valence-corrected chi connectivity index (χ0v) is 9.54. The van der Waals surface area contributed by atoms with Gasteiger partial charge in [-0.15, -0.1) is 0 Å². The van der Waals surface area contributed by atoms with Crippen molar-refractivity contribution >= 4 is 17.3 Å². The van der Waals surface area contributed by atoms with Crippen molar-refractivity contribution in [1.29, 1.82) is 0 Å². The maximum atomic E-state index is 9.56. The van der Waals surface area contributed by atoms with Crippen molar-refractivity contribution in [3.05, 3.63) is 48.5 Å². The van der Waals surface area contributed by atoms with Crippen molar-refractivity contribution in [2.24, 2.45) is 10.7 Å². The third kappa shape index (κ3) is 2.70. The predicted octanol–water partition coefficient (Wildman–Crippen LogP) is 2.16. The molecule has 0 aliphatic carbocycles. The minimum Gasteiger partial charge on any atom is -0.506 e. The lowest BCUT2D eigenvalue weighted by atomic mass is 10.3. The molecule has 0 aromatic heterocycles. The number of nitrogens with zero attached hydrogens (tertiary/aromatic N) is 1. The first-order valence-electron chi connectivity index (χ1n) is 5.34. The SMILES string of the molecule is NC(=Nc1ccccc1O)Nc1ccccc1O. The fraction of sp³-hybridized carbons (Fsp3) is 0. The molecule has 0 aliphatic heterocycles. The van der Waals surface area contributed by atoms with Crippen LogP contribution in [0.4, 0.5) is 11.4 Å². The predicted molar refractivity (Wildman–Crippen MR) is 71.1 cm³/mol. The Morgan fingerprint density at radius 1 is 0.944 bits per heavy atom. The highest BCUT2D eigenvalue weighted by Crippen LogP contribution is 2.25. The van der Waals surface area contributed by atoms with Crippen LogP contribution in [0.3, 0.4) is 0 Å². The maximum Gasteiger partial charge on any atom is 0.198 e. The van der Waals surface area contributed by atoms with Crippen molar-refractivity contribution in [2.45, 2.75) is 0 Å². The molecule has 5 N–H and O–H groups in total. The number of aromatic hydroxyl groups is 2. The molecule has 92 valence electrons. The molecule has 0 atom stereocenters. The number of anilines is 1. The third-order valence-electron chi connectivity index (χ3n) is 2.29. The summed E-state index contributed by atoms with van der Waals surface area (Å²) in [5.74, 6) is 0.200. The van der Waals surface area contributed by atoms with Crippen LogP contribution in [0.5, 0.6) is 11.5 Å². The Balaban J connectivity index is 2.20. The number of benzene rings is 2. The number of hydrogen-bond acceptors (Lipinski definition) is 3. The van der Waals surface area contributed by atoms with Gasteiger partial charge in [0.15, 0.2) is 5.96 Å². The molecule has 0 aliphatic rings. The van der Waals surface area contributed by atoms with Gasteiger partial charge in [-0.25, -0.2) is 4.99 Å². The van der Waals surface area contributed by atoms with Crippen LogP contribution in [0, 0.1) is 0 Å². The van der Waals surface area contributed by atoms with E-state index in [-0.39, 0.29) is 17.5 Å². The van der Waals surface area contributed by atoms with Crippen molar-refractivity contribution in [3.63, 3.8) is 0 Å². The van der Waals surface area contributed by atoms with Gasteiger partial charge in [-0.2, -0.15) is 0 Å². The minimum absolute atomic E-state index is 0.0412. The first kappa shape index (κ1) is 11.8. The smallest absolute Gasteiger partial charge is 0.198 e. The van der Waals surface area contributed by atoms with Gasteiger partial charge >= 0.3 is 0 Å². The first-order valence-corrected chi connectivity index (χ1v) is 5.34. The molecule has 18 heavy (non-hydrogen) atoms. The summed E-state index contributed by atoms with van der Waals surface area (Å²) < 4.78 is 0. The van der Waals surface area contributed by atoms with E-state index < -0.39 is 0 Å². The molecular formula is C13H13N3O2. The fourth-order valence-corrected chi connectivity index (χ4v) is 1.43. The fourth-order valence-electron chi connectivity index (χ4n) is 1.43. The lowest BCUT2D eigenvalue weighted by Gasteiger charge is -2.07. The summed E-state index contributed by atoms with van der Waals surface area (Å²) in [4.78, 5) is 4.02. The van der Waals surface area contributed by atoms with Gasteiger partial charge in [0.1, 0.15) is 17.2 Å². The number of aliphatic imine (C=N–C) groups is 1. The molecule has 0 spiro atoms. The van der Waals surface area contributed by atoms with Gasteiger partial charge in [0.25, 0.3) is 0 Å². The molecular weight excluding hydrogens is 230 g/mol. The van der Waals surface area contributed by atoms with E-state index in [1.165, 1.54) is 12.1 Å². The minimum atomic E-state index is 0.0412. The molecule has 0 amide bonds. The highest BCUT2D eigenvalue weighted by atomic mass is 16.3. The van der Waals surface area contributed by atoms with Gasteiger partial charge in [-0.05, 0) is 24.3 Å². The van der Waals surface area contributed by atoms with Crippen LogP contribution in [-0.2, 0) is 0 Å². The number of phenolic OH excluding ortho intramolecular Hbond substituents is 2. The Bertz CT molecular complexity index is 582. The molecule has 2 aromatic carbocycles. The molecule has 0 radical (unpaired) electrons. The Morgan fingerprint density at radius 3 is 2.22 bits per heavy atom. The molecule has 0 fully saturated rings. The summed E-state index contributed by atoms with van der Waals surface area (Å²) >= 11 is 0. The largest absolute Gasteiger partial charge is 0.506 e. The number of guanidine groups is 1. The molecule has 0 saturated heterocycles. The average molecular weight is 243 g/mol. The summed E-state index contributed by atoms with van der Waals surface area (Å²) in [7, 11) is 0. The number of hydrogen-bond donors (Lipinski definition) is 4. The highest BCUT2D eigenvalue weighted by Gasteiger charge is 2.02. The van der Waals surface area contributed by atoms with Crippen molar-refractivity contribution in [2.75, 3.05) is 5.32 Å². The molecule has 0 bridgehead atoms. The Kier molecular flexibility index (Phi) is 3.33. The second kappa shape index (κ2) is 5.09. The van der Waals surface area contributed by atoms with Crippen LogP contribution in [0.15, 0.2) is 53.5 Å². The van der Waals surface area contributed by atoms with Gasteiger partial charge in [0, 0.05) is 0 Å². The number of nitrogens with two attached hydrogens (primary N) is 1. The second-order valence-electron chi connectivity index (χ2n) is 3.63. The first-order chi connectivity index (χ1) is 8.66. The zero-order valence-electron chi connectivity index (χ0n) is 9.54. The van der Waals surface area contributed by atoms with E-state index in [0.717, 1.165) is 0 Å². The van der Waals surface area contributed by atoms with Crippen molar-refractivity contribution in [1.82, 2.24) is 0 Å². The topological polar surface area (TPSA) is 90.9 Å². The standard InChI is InChI=1S/C13H13N3O2/c14-13(15-9-5-1-3-7-11(9)17)16-10-6-2-4-8-12(10)18/h1-8,17-18H,(H3,14,15,16). The van der Waals surface area contributed by atoms with E-state index in [0.29, 0.717) is 11.4 Å². The highest BCUT2D eigenvalue weighted by molar-refractivity contribution is 5.95. The van der Waals surface area contributed by atoms with Crippen LogP contribution in [0.1, 0.15) is 0 Å². The monoisotopic (exact) mass is 243 g/mol. The van der Waals surface area contributed by atoms with Gasteiger partial charge < -0.3 is 21.3 Å². The van der Waals surface area contributed by atoms with Gasteiger partial charge in [-0.3, -0.25) is 0 Å². The Labute approximate surface area is 104 Å². The van der Waals surface area contributed by atoms with Gasteiger partial charge in [0.2, 0.25) is 0 Å². The van der Waals surface area contributed by atoms with Crippen LogP contribution in [0.2, 0.25) is 0 Å². The number of para-hydroxylation sites is 4. The summed E-state index contributed by atoms with van der Waals surface area (Å²) in [6.07, 6.45) is 0. The van der Waals surface area contributed by atoms with E-state index in [1.807, 2.05) is 0 Å². The molecule has 0 unspecified atom stereocenters.